The molecule has 4 aliphatic rings. The Kier molecular flexibility index (Phi) is 5.60. The predicted octanol–water partition coefficient (Wildman–Crippen LogP) is 5.79. The van der Waals surface area contributed by atoms with Crippen molar-refractivity contribution >= 4 is 11.4 Å². The number of nitrogens with zero attached hydrogens (tertiary/aromatic N) is 1. The highest BCUT2D eigenvalue weighted by Crippen LogP contribution is 2.51. The molecule has 7 heteroatoms. The standard InChI is InChI=1S/C28H35FN2O4/c1-27(2,3)26-13-19-12-22(21(29)15-23(19)31(26)16-18-6-10-32-11-7-18)30-35-28(8-9-28)20-4-5-24-25(14-20)34-17-33-24/h4-5,12,14-15,18,26,30H,6-11,13,16-17H2,1-3H3. The molecule has 1 unspecified atom stereocenters. The molecule has 1 saturated carbocycles. The van der Waals surface area contributed by atoms with Gasteiger partial charge < -0.3 is 19.1 Å². The van der Waals surface area contributed by atoms with Gasteiger partial charge in [0.2, 0.25) is 6.79 Å². The average molecular weight is 483 g/mol. The fourth-order valence-corrected chi connectivity index (χ4v) is 5.71. The van der Waals surface area contributed by atoms with Gasteiger partial charge in [0.15, 0.2) is 17.3 Å². The fraction of sp³-hybridized carbons (Fsp3) is 0.571. The highest BCUT2D eigenvalue weighted by molar-refractivity contribution is 5.66. The van der Waals surface area contributed by atoms with E-state index in [1.807, 2.05) is 24.3 Å². The number of fused-ring (bicyclic) bond motifs is 2. The SMILES string of the molecule is CC(C)(C)C1Cc2cc(NOC3(c4ccc5c(c4)OCO5)CC3)c(F)cc2N1CC1CCOCC1. The predicted molar refractivity (Wildman–Crippen MR) is 132 cm³/mol. The van der Waals surface area contributed by atoms with Crippen molar-refractivity contribution < 1.29 is 23.4 Å². The lowest BCUT2D eigenvalue weighted by Gasteiger charge is -2.39. The van der Waals surface area contributed by atoms with E-state index in [-0.39, 0.29) is 18.0 Å². The molecule has 35 heavy (non-hydrogen) atoms. The summed E-state index contributed by atoms with van der Waals surface area (Å²) in [4.78, 5) is 8.59. The van der Waals surface area contributed by atoms with Crippen LogP contribution in [-0.2, 0) is 21.6 Å². The largest absolute Gasteiger partial charge is 0.454 e. The van der Waals surface area contributed by atoms with Crippen molar-refractivity contribution in [1.29, 1.82) is 0 Å². The number of ether oxygens (including phenoxy) is 3. The Balaban J connectivity index is 1.21. The molecule has 1 aliphatic carbocycles. The van der Waals surface area contributed by atoms with E-state index in [1.165, 1.54) is 5.56 Å². The van der Waals surface area contributed by atoms with Crippen LogP contribution < -0.4 is 19.9 Å². The zero-order valence-electron chi connectivity index (χ0n) is 20.9. The normalized spacial score (nSPS) is 22.9. The van der Waals surface area contributed by atoms with E-state index in [2.05, 4.69) is 31.2 Å². The Morgan fingerprint density at radius 2 is 1.86 bits per heavy atom. The molecule has 3 aliphatic heterocycles. The van der Waals surface area contributed by atoms with E-state index >= 15 is 4.39 Å². The van der Waals surface area contributed by atoms with Gasteiger partial charge in [-0.15, -0.1) is 0 Å². The smallest absolute Gasteiger partial charge is 0.231 e. The van der Waals surface area contributed by atoms with Gasteiger partial charge in [0.1, 0.15) is 5.60 Å². The molecule has 0 radical (unpaired) electrons. The number of nitrogens with one attached hydrogen (secondary N) is 1. The molecule has 1 N–H and O–H groups in total. The molecule has 3 heterocycles. The highest BCUT2D eigenvalue weighted by atomic mass is 19.1. The van der Waals surface area contributed by atoms with Gasteiger partial charge in [-0.1, -0.05) is 26.8 Å². The first-order valence-corrected chi connectivity index (χ1v) is 12.8. The number of halogens is 1. The van der Waals surface area contributed by atoms with Crippen molar-refractivity contribution in [3.05, 3.63) is 47.3 Å². The Morgan fingerprint density at radius 3 is 2.60 bits per heavy atom. The van der Waals surface area contributed by atoms with Gasteiger partial charge in [-0.3, -0.25) is 10.3 Å². The quantitative estimate of drug-likeness (QED) is 0.526. The van der Waals surface area contributed by atoms with Crippen molar-refractivity contribution in [2.45, 2.75) is 64.5 Å². The third-order valence-electron chi connectivity index (χ3n) is 8.02. The molecule has 6 rings (SSSR count). The molecule has 1 saturated heterocycles. The number of benzene rings is 2. The lowest BCUT2D eigenvalue weighted by Crippen LogP contribution is -2.45. The Labute approximate surface area is 206 Å². The van der Waals surface area contributed by atoms with E-state index in [1.54, 1.807) is 6.07 Å². The van der Waals surface area contributed by atoms with E-state index < -0.39 is 5.60 Å². The van der Waals surface area contributed by atoms with Crippen LogP contribution in [0.3, 0.4) is 0 Å². The summed E-state index contributed by atoms with van der Waals surface area (Å²) in [6, 6.07) is 9.87. The van der Waals surface area contributed by atoms with E-state index in [9.17, 15) is 0 Å². The minimum atomic E-state index is -0.463. The molecule has 0 amide bonds. The molecule has 6 nitrogen and oxygen atoms in total. The van der Waals surface area contributed by atoms with Crippen molar-refractivity contribution in [2.75, 3.05) is 36.9 Å². The molecule has 0 spiro atoms. The maximum atomic E-state index is 15.4. The summed E-state index contributed by atoms with van der Waals surface area (Å²) in [7, 11) is 0. The summed E-state index contributed by atoms with van der Waals surface area (Å²) < 4.78 is 31.9. The maximum Gasteiger partial charge on any atom is 0.231 e. The van der Waals surface area contributed by atoms with Crippen LogP contribution in [0.1, 0.15) is 57.6 Å². The zero-order valence-corrected chi connectivity index (χ0v) is 20.9. The van der Waals surface area contributed by atoms with Crippen molar-refractivity contribution in [3.63, 3.8) is 0 Å². The van der Waals surface area contributed by atoms with Crippen LogP contribution in [0.25, 0.3) is 0 Å². The third kappa shape index (κ3) is 4.33. The second kappa shape index (κ2) is 8.56. The molecule has 2 aromatic rings. The lowest BCUT2D eigenvalue weighted by molar-refractivity contribution is 0.0670. The van der Waals surface area contributed by atoms with Gasteiger partial charge in [-0.05, 0) is 78.8 Å². The molecule has 0 bridgehead atoms. The molecular weight excluding hydrogens is 447 g/mol. The monoisotopic (exact) mass is 482 g/mol. The molecular formula is C28H35FN2O4. The Hall–Kier alpha value is -2.51. The average Bonchev–Trinajstić information content (AvgIpc) is 3.33. The molecule has 188 valence electrons. The first kappa shape index (κ1) is 22.9. The Morgan fingerprint density at radius 1 is 1.09 bits per heavy atom. The van der Waals surface area contributed by atoms with Gasteiger partial charge in [-0.2, -0.15) is 0 Å². The fourth-order valence-electron chi connectivity index (χ4n) is 5.71. The minimum absolute atomic E-state index is 0.0855. The lowest BCUT2D eigenvalue weighted by atomic mass is 9.84. The molecule has 2 fully saturated rings. The van der Waals surface area contributed by atoms with Gasteiger partial charge >= 0.3 is 0 Å². The van der Waals surface area contributed by atoms with Crippen molar-refractivity contribution in [1.82, 2.24) is 0 Å². The number of rotatable bonds is 6. The Bertz CT molecular complexity index is 1100. The second-order valence-corrected chi connectivity index (χ2v) is 11.5. The van der Waals surface area contributed by atoms with Crippen LogP contribution in [0.2, 0.25) is 0 Å². The van der Waals surface area contributed by atoms with Crippen LogP contribution in [0.4, 0.5) is 15.8 Å². The number of anilines is 2. The summed E-state index contributed by atoms with van der Waals surface area (Å²) in [6.45, 7) is 9.68. The number of hydrogen-bond donors (Lipinski definition) is 1. The second-order valence-electron chi connectivity index (χ2n) is 11.5. The molecule has 2 aromatic carbocycles. The summed E-state index contributed by atoms with van der Waals surface area (Å²) >= 11 is 0. The zero-order chi connectivity index (χ0) is 24.2. The van der Waals surface area contributed by atoms with Crippen LogP contribution in [0.15, 0.2) is 30.3 Å². The van der Waals surface area contributed by atoms with Gasteiger partial charge in [-0.25, -0.2) is 4.39 Å². The summed E-state index contributed by atoms with van der Waals surface area (Å²) in [5.41, 5.74) is 6.22. The van der Waals surface area contributed by atoms with Gasteiger partial charge in [0.05, 0.1) is 5.69 Å². The molecule has 0 aromatic heterocycles. The summed E-state index contributed by atoms with van der Waals surface area (Å²) in [5, 5.41) is 0. The van der Waals surface area contributed by atoms with E-state index in [0.717, 1.165) is 74.6 Å². The topological polar surface area (TPSA) is 52.2 Å². The highest BCUT2D eigenvalue weighted by Gasteiger charge is 2.48. The van der Waals surface area contributed by atoms with Crippen molar-refractivity contribution in [2.24, 2.45) is 11.3 Å². The van der Waals surface area contributed by atoms with Crippen molar-refractivity contribution in [3.8, 4) is 11.5 Å². The first-order valence-electron chi connectivity index (χ1n) is 12.8. The van der Waals surface area contributed by atoms with E-state index in [4.69, 9.17) is 19.0 Å². The van der Waals surface area contributed by atoms with Crippen LogP contribution in [0, 0.1) is 17.2 Å². The maximum absolute atomic E-state index is 15.4. The van der Waals surface area contributed by atoms with Gasteiger partial charge in [0, 0.05) is 31.5 Å². The van der Waals surface area contributed by atoms with Crippen LogP contribution in [0.5, 0.6) is 11.5 Å². The molecule has 1 atom stereocenters. The summed E-state index contributed by atoms with van der Waals surface area (Å²) in [5.74, 6) is 1.79. The van der Waals surface area contributed by atoms with Gasteiger partial charge in [0.25, 0.3) is 0 Å². The van der Waals surface area contributed by atoms with Crippen LogP contribution >= 0.6 is 0 Å². The third-order valence-corrected chi connectivity index (χ3v) is 8.02. The minimum Gasteiger partial charge on any atom is -0.454 e. The first-order chi connectivity index (χ1) is 16.8. The summed E-state index contributed by atoms with van der Waals surface area (Å²) in [6.07, 6.45) is 4.79. The van der Waals surface area contributed by atoms with E-state index in [0.29, 0.717) is 17.6 Å². The van der Waals surface area contributed by atoms with Crippen LogP contribution in [-0.4, -0.2) is 32.6 Å². The number of hydrogen-bond acceptors (Lipinski definition) is 6.